The second-order valence-electron chi connectivity index (χ2n) is 5.34. The summed E-state index contributed by atoms with van der Waals surface area (Å²) in [6.07, 6.45) is 1.72. The molecule has 0 aliphatic carbocycles. The molecule has 0 spiro atoms. The summed E-state index contributed by atoms with van der Waals surface area (Å²) in [5, 5.41) is 4.21. The Labute approximate surface area is 143 Å². The SMILES string of the molecule is Cc1ccc(C(=O)COC(=O)c2ccc(-n3nccc3C)cc2)s1. The Bertz CT molecular complexity index is 878. The first kappa shape index (κ1) is 16.1. The number of ether oxygens (including phenoxy) is 1. The number of carbonyl (C=O) groups is 2. The van der Waals surface area contributed by atoms with Crippen molar-refractivity contribution in [3.05, 3.63) is 69.7 Å². The van der Waals surface area contributed by atoms with Crippen molar-refractivity contribution >= 4 is 23.1 Å². The molecule has 24 heavy (non-hydrogen) atoms. The number of rotatable bonds is 5. The van der Waals surface area contributed by atoms with E-state index in [-0.39, 0.29) is 12.4 Å². The summed E-state index contributed by atoms with van der Waals surface area (Å²) < 4.78 is 6.88. The van der Waals surface area contributed by atoms with Crippen LogP contribution in [-0.2, 0) is 4.74 Å². The van der Waals surface area contributed by atoms with Crippen molar-refractivity contribution in [2.45, 2.75) is 13.8 Å². The first-order chi connectivity index (χ1) is 11.5. The van der Waals surface area contributed by atoms with Crippen LogP contribution in [0.5, 0.6) is 0 Å². The zero-order valence-electron chi connectivity index (χ0n) is 13.4. The molecule has 6 heteroatoms. The highest BCUT2D eigenvalue weighted by atomic mass is 32.1. The van der Waals surface area contributed by atoms with Gasteiger partial charge in [-0.15, -0.1) is 11.3 Å². The molecule has 3 aromatic rings. The number of hydrogen-bond donors (Lipinski definition) is 0. The van der Waals surface area contributed by atoms with Gasteiger partial charge in [-0.3, -0.25) is 4.79 Å². The first-order valence-corrected chi connectivity index (χ1v) is 8.24. The number of esters is 1. The number of benzene rings is 1. The van der Waals surface area contributed by atoms with E-state index >= 15 is 0 Å². The van der Waals surface area contributed by atoms with E-state index in [4.69, 9.17) is 4.74 Å². The van der Waals surface area contributed by atoms with E-state index in [1.54, 1.807) is 41.2 Å². The maximum atomic E-state index is 12.1. The minimum atomic E-state index is -0.514. The van der Waals surface area contributed by atoms with Gasteiger partial charge < -0.3 is 4.74 Å². The molecule has 0 atom stereocenters. The Morgan fingerprint density at radius 1 is 1.08 bits per heavy atom. The van der Waals surface area contributed by atoms with Crippen molar-refractivity contribution in [1.82, 2.24) is 9.78 Å². The molecule has 0 aliphatic heterocycles. The lowest BCUT2D eigenvalue weighted by Gasteiger charge is -2.06. The van der Waals surface area contributed by atoms with E-state index in [9.17, 15) is 9.59 Å². The molecular weight excluding hydrogens is 324 g/mol. The Balaban J connectivity index is 1.63. The molecule has 0 unspecified atom stereocenters. The molecule has 0 saturated carbocycles. The van der Waals surface area contributed by atoms with Gasteiger partial charge in [-0.25, -0.2) is 9.48 Å². The number of Topliss-reactive ketones (excluding diaryl/α,β-unsaturated/α-hetero) is 1. The van der Waals surface area contributed by atoms with Gasteiger partial charge in [-0.05, 0) is 56.3 Å². The summed E-state index contributed by atoms with van der Waals surface area (Å²) in [6.45, 7) is 3.63. The molecule has 0 amide bonds. The molecule has 0 N–H and O–H groups in total. The van der Waals surface area contributed by atoms with E-state index < -0.39 is 5.97 Å². The van der Waals surface area contributed by atoms with Crippen LogP contribution in [0.2, 0.25) is 0 Å². The summed E-state index contributed by atoms with van der Waals surface area (Å²) in [7, 11) is 0. The fourth-order valence-corrected chi connectivity index (χ4v) is 3.04. The third kappa shape index (κ3) is 3.44. The van der Waals surface area contributed by atoms with Crippen molar-refractivity contribution in [2.24, 2.45) is 0 Å². The van der Waals surface area contributed by atoms with Crippen LogP contribution in [0.15, 0.2) is 48.7 Å². The van der Waals surface area contributed by atoms with Gasteiger partial charge in [0.2, 0.25) is 5.78 Å². The lowest BCUT2D eigenvalue weighted by atomic mass is 10.2. The van der Waals surface area contributed by atoms with Gasteiger partial charge in [0, 0.05) is 16.8 Å². The molecule has 3 rings (SSSR count). The van der Waals surface area contributed by atoms with E-state index in [0.717, 1.165) is 16.3 Å². The Morgan fingerprint density at radius 3 is 2.42 bits per heavy atom. The second-order valence-corrected chi connectivity index (χ2v) is 6.63. The first-order valence-electron chi connectivity index (χ1n) is 7.42. The zero-order chi connectivity index (χ0) is 17.1. The molecule has 0 aliphatic rings. The third-order valence-electron chi connectivity index (χ3n) is 3.53. The molecule has 0 bridgehead atoms. The number of nitrogens with zero attached hydrogens (tertiary/aromatic N) is 2. The molecule has 2 heterocycles. The highest BCUT2D eigenvalue weighted by Gasteiger charge is 2.13. The summed E-state index contributed by atoms with van der Waals surface area (Å²) in [4.78, 5) is 25.7. The number of thiophene rings is 1. The van der Waals surface area contributed by atoms with Gasteiger partial charge >= 0.3 is 5.97 Å². The van der Waals surface area contributed by atoms with Crippen LogP contribution in [0.1, 0.15) is 30.6 Å². The van der Waals surface area contributed by atoms with Gasteiger partial charge in [0.05, 0.1) is 16.1 Å². The topological polar surface area (TPSA) is 61.2 Å². The number of ketones is 1. The van der Waals surface area contributed by atoms with E-state index in [2.05, 4.69) is 5.10 Å². The van der Waals surface area contributed by atoms with Gasteiger partial charge in [-0.2, -0.15) is 5.10 Å². The minimum absolute atomic E-state index is 0.190. The van der Waals surface area contributed by atoms with E-state index in [1.807, 2.05) is 26.0 Å². The average molecular weight is 340 g/mol. The van der Waals surface area contributed by atoms with Crippen LogP contribution in [0.4, 0.5) is 0 Å². The molecule has 0 fully saturated rings. The predicted octanol–water partition coefficient (Wildman–Crippen LogP) is 3.59. The fraction of sp³-hybridized carbons (Fsp3) is 0.167. The molecule has 0 radical (unpaired) electrons. The van der Waals surface area contributed by atoms with Crippen LogP contribution in [0.25, 0.3) is 5.69 Å². The Morgan fingerprint density at radius 2 is 1.83 bits per heavy atom. The number of aryl methyl sites for hydroxylation is 2. The van der Waals surface area contributed by atoms with Crippen molar-refractivity contribution in [2.75, 3.05) is 6.61 Å². The highest BCUT2D eigenvalue weighted by Crippen LogP contribution is 2.16. The minimum Gasteiger partial charge on any atom is -0.454 e. The number of hydrogen-bond acceptors (Lipinski definition) is 5. The predicted molar refractivity (Wildman–Crippen MR) is 92.0 cm³/mol. The van der Waals surface area contributed by atoms with Gasteiger partial charge in [0.15, 0.2) is 6.61 Å². The molecule has 0 saturated heterocycles. The highest BCUT2D eigenvalue weighted by molar-refractivity contribution is 7.14. The molecule has 2 aromatic heterocycles. The molecular formula is C18H16N2O3S. The Kier molecular flexibility index (Phi) is 4.57. The lowest BCUT2D eigenvalue weighted by Crippen LogP contribution is -2.13. The normalized spacial score (nSPS) is 10.6. The van der Waals surface area contributed by atoms with Gasteiger partial charge in [0.1, 0.15) is 0 Å². The maximum Gasteiger partial charge on any atom is 0.338 e. The van der Waals surface area contributed by atoms with Crippen molar-refractivity contribution in [3.8, 4) is 5.69 Å². The smallest absolute Gasteiger partial charge is 0.338 e. The van der Waals surface area contributed by atoms with Crippen LogP contribution in [0, 0.1) is 13.8 Å². The quantitative estimate of drug-likeness (QED) is 0.526. The van der Waals surface area contributed by atoms with Gasteiger partial charge in [0.25, 0.3) is 0 Å². The van der Waals surface area contributed by atoms with Crippen LogP contribution >= 0.6 is 11.3 Å². The lowest BCUT2D eigenvalue weighted by molar-refractivity contribution is 0.0476. The third-order valence-corrected chi connectivity index (χ3v) is 4.57. The number of carbonyl (C=O) groups excluding carboxylic acids is 2. The van der Waals surface area contributed by atoms with Gasteiger partial charge in [-0.1, -0.05) is 0 Å². The Hall–Kier alpha value is -2.73. The van der Waals surface area contributed by atoms with Crippen LogP contribution in [-0.4, -0.2) is 28.1 Å². The average Bonchev–Trinajstić information content (AvgIpc) is 3.21. The van der Waals surface area contributed by atoms with E-state index in [1.165, 1.54) is 11.3 Å². The maximum absolute atomic E-state index is 12.1. The van der Waals surface area contributed by atoms with Crippen LogP contribution < -0.4 is 0 Å². The summed E-state index contributed by atoms with van der Waals surface area (Å²) in [5.74, 6) is -0.703. The number of aromatic nitrogens is 2. The zero-order valence-corrected chi connectivity index (χ0v) is 14.2. The van der Waals surface area contributed by atoms with Crippen molar-refractivity contribution in [1.29, 1.82) is 0 Å². The summed E-state index contributed by atoms with van der Waals surface area (Å²) in [6, 6.07) is 12.4. The molecule has 122 valence electrons. The largest absolute Gasteiger partial charge is 0.454 e. The second kappa shape index (κ2) is 6.80. The monoisotopic (exact) mass is 340 g/mol. The summed E-state index contributed by atoms with van der Waals surface area (Å²) in [5.41, 5.74) is 2.26. The molecule has 1 aromatic carbocycles. The standard InChI is InChI=1S/C18H16N2O3S/c1-12-9-10-19-20(12)15-6-4-14(5-7-15)18(22)23-11-16(21)17-8-3-13(2)24-17/h3-10H,11H2,1-2H3. The van der Waals surface area contributed by atoms with E-state index in [0.29, 0.717) is 10.4 Å². The molecule has 5 nitrogen and oxygen atoms in total. The summed E-state index contributed by atoms with van der Waals surface area (Å²) >= 11 is 1.39. The van der Waals surface area contributed by atoms with Crippen LogP contribution in [0.3, 0.4) is 0 Å². The van der Waals surface area contributed by atoms with Crippen molar-refractivity contribution in [3.63, 3.8) is 0 Å². The fourth-order valence-electron chi connectivity index (χ4n) is 2.25. The van der Waals surface area contributed by atoms with Crippen molar-refractivity contribution < 1.29 is 14.3 Å².